The van der Waals surface area contributed by atoms with Crippen LogP contribution in [0.25, 0.3) is 0 Å². The fourth-order valence-electron chi connectivity index (χ4n) is 3.04. The third-order valence-corrected chi connectivity index (χ3v) is 4.39. The molecule has 0 heterocycles. The second-order valence-corrected chi connectivity index (χ2v) is 5.24. The summed E-state index contributed by atoms with van der Waals surface area (Å²) in [7, 11) is 2.31. The molecule has 2 heteroatoms. The lowest BCUT2D eigenvalue weighted by Crippen LogP contribution is -2.43. The van der Waals surface area contributed by atoms with Gasteiger partial charge in [0.2, 0.25) is 0 Å². The summed E-state index contributed by atoms with van der Waals surface area (Å²) >= 11 is 0. The molecule has 3 atom stereocenters. The molecule has 0 aliphatic heterocycles. The van der Waals surface area contributed by atoms with Crippen molar-refractivity contribution in [2.24, 2.45) is 17.6 Å². The van der Waals surface area contributed by atoms with Gasteiger partial charge in [-0.1, -0.05) is 6.42 Å². The zero-order valence-electron chi connectivity index (χ0n) is 9.58. The molecular weight excluding hydrogens is 172 g/mol. The summed E-state index contributed by atoms with van der Waals surface area (Å²) in [5, 5.41) is 0. The smallest absolute Gasteiger partial charge is 0.0135 e. The van der Waals surface area contributed by atoms with E-state index in [1.54, 1.807) is 0 Å². The van der Waals surface area contributed by atoms with Crippen molar-refractivity contribution in [2.45, 2.75) is 51.1 Å². The SMILES string of the molecule is CC(C1CC1)N(C)C1CCCC1CN. The molecular formula is C12H24N2. The fraction of sp³-hybridized carbons (Fsp3) is 1.00. The summed E-state index contributed by atoms with van der Waals surface area (Å²) in [5.41, 5.74) is 5.83. The molecule has 2 fully saturated rings. The van der Waals surface area contributed by atoms with Crippen molar-refractivity contribution in [3.05, 3.63) is 0 Å². The maximum Gasteiger partial charge on any atom is 0.0135 e. The molecule has 2 nitrogen and oxygen atoms in total. The Hall–Kier alpha value is -0.0800. The third kappa shape index (κ3) is 1.96. The van der Waals surface area contributed by atoms with E-state index in [0.29, 0.717) is 0 Å². The Morgan fingerprint density at radius 3 is 2.57 bits per heavy atom. The van der Waals surface area contributed by atoms with Crippen molar-refractivity contribution in [1.29, 1.82) is 0 Å². The second kappa shape index (κ2) is 4.19. The van der Waals surface area contributed by atoms with E-state index in [9.17, 15) is 0 Å². The molecule has 0 radical (unpaired) electrons. The van der Waals surface area contributed by atoms with Crippen LogP contribution in [0.1, 0.15) is 39.0 Å². The van der Waals surface area contributed by atoms with Crippen LogP contribution in [0.2, 0.25) is 0 Å². The average Bonchev–Trinajstić information content (AvgIpc) is 2.94. The van der Waals surface area contributed by atoms with Crippen molar-refractivity contribution in [3.63, 3.8) is 0 Å². The van der Waals surface area contributed by atoms with Crippen molar-refractivity contribution in [1.82, 2.24) is 4.90 Å². The lowest BCUT2D eigenvalue weighted by atomic mass is 10.0. The molecule has 2 saturated carbocycles. The molecule has 2 aliphatic carbocycles. The minimum absolute atomic E-state index is 0.765. The number of hydrogen-bond donors (Lipinski definition) is 1. The van der Waals surface area contributed by atoms with Crippen molar-refractivity contribution >= 4 is 0 Å². The van der Waals surface area contributed by atoms with E-state index in [2.05, 4.69) is 18.9 Å². The first-order valence-electron chi connectivity index (χ1n) is 6.16. The van der Waals surface area contributed by atoms with Crippen LogP contribution < -0.4 is 5.73 Å². The highest BCUT2D eigenvalue weighted by atomic mass is 15.2. The van der Waals surface area contributed by atoms with Crippen LogP contribution in [-0.2, 0) is 0 Å². The van der Waals surface area contributed by atoms with Crippen LogP contribution >= 0.6 is 0 Å². The standard InChI is InChI=1S/C12H24N2/c1-9(10-6-7-10)14(2)12-5-3-4-11(12)8-13/h9-12H,3-8,13H2,1-2H3. The van der Waals surface area contributed by atoms with Gasteiger partial charge in [-0.3, -0.25) is 0 Å². The first-order valence-corrected chi connectivity index (χ1v) is 6.16. The van der Waals surface area contributed by atoms with Gasteiger partial charge in [0, 0.05) is 12.1 Å². The van der Waals surface area contributed by atoms with Gasteiger partial charge in [0.25, 0.3) is 0 Å². The van der Waals surface area contributed by atoms with Gasteiger partial charge < -0.3 is 10.6 Å². The highest BCUT2D eigenvalue weighted by Crippen LogP contribution is 2.38. The normalized spacial score (nSPS) is 35.1. The summed E-state index contributed by atoms with van der Waals surface area (Å²) in [6, 6.07) is 1.56. The number of hydrogen-bond acceptors (Lipinski definition) is 2. The lowest BCUT2D eigenvalue weighted by Gasteiger charge is -2.34. The van der Waals surface area contributed by atoms with E-state index in [0.717, 1.165) is 30.5 Å². The van der Waals surface area contributed by atoms with Crippen LogP contribution in [0, 0.1) is 11.8 Å². The Morgan fingerprint density at radius 2 is 2.00 bits per heavy atom. The predicted octanol–water partition coefficient (Wildman–Crippen LogP) is 1.84. The van der Waals surface area contributed by atoms with Gasteiger partial charge in [-0.05, 0) is 58.0 Å². The van der Waals surface area contributed by atoms with Gasteiger partial charge >= 0.3 is 0 Å². The van der Waals surface area contributed by atoms with E-state index in [4.69, 9.17) is 5.73 Å². The fourth-order valence-corrected chi connectivity index (χ4v) is 3.04. The zero-order chi connectivity index (χ0) is 10.1. The second-order valence-electron chi connectivity index (χ2n) is 5.24. The van der Waals surface area contributed by atoms with Crippen LogP contribution in [0.5, 0.6) is 0 Å². The van der Waals surface area contributed by atoms with E-state index in [1.807, 2.05) is 0 Å². The first kappa shape index (κ1) is 10.4. The molecule has 14 heavy (non-hydrogen) atoms. The molecule has 2 rings (SSSR count). The largest absolute Gasteiger partial charge is 0.330 e. The summed E-state index contributed by atoms with van der Waals surface area (Å²) in [5.74, 6) is 1.75. The van der Waals surface area contributed by atoms with Crippen molar-refractivity contribution in [2.75, 3.05) is 13.6 Å². The Labute approximate surface area is 87.8 Å². The van der Waals surface area contributed by atoms with E-state index in [-0.39, 0.29) is 0 Å². The van der Waals surface area contributed by atoms with Crippen molar-refractivity contribution in [3.8, 4) is 0 Å². The predicted molar refractivity (Wildman–Crippen MR) is 60.1 cm³/mol. The molecule has 2 aliphatic rings. The molecule has 0 aromatic heterocycles. The van der Waals surface area contributed by atoms with Gasteiger partial charge in [0.05, 0.1) is 0 Å². The van der Waals surface area contributed by atoms with Crippen LogP contribution in [0.3, 0.4) is 0 Å². The van der Waals surface area contributed by atoms with Crippen molar-refractivity contribution < 1.29 is 0 Å². The molecule has 0 amide bonds. The monoisotopic (exact) mass is 196 g/mol. The van der Waals surface area contributed by atoms with Gasteiger partial charge in [-0.15, -0.1) is 0 Å². The summed E-state index contributed by atoms with van der Waals surface area (Å²) in [6.07, 6.45) is 7.00. The number of rotatable bonds is 4. The minimum atomic E-state index is 0.765. The molecule has 2 N–H and O–H groups in total. The maximum absolute atomic E-state index is 5.83. The zero-order valence-corrected chi connectivity index (χ0v) is 9.58. The molecule has 0 bridgehead atoms. The Bertz CT molecular complexity index is 189. The first-order chi connectivity index (χ1) is 6.74. The van der Waals surface area contributed by atoms with Gasteiger partial charge in [-0.2, -0.15) is 0 Å². The highest BCUT2D eigenvalue weighted by molar-refractivity contribution is 4.91. The lowest BCUT2D eigenvalue weighted by molar-refractivity contribution is 0.138. The maximum atomic E-state index is 5.83. The Morgan fingerprint density at radius 1 is 1.29 bits per heavy atom. The van der Waals surface area contributed by atoms with E-state index < -0.39 is 0 Å². The molecule has 82 valence electrons. The van der Waals surface area contributed by atoms with Gasteiger partial charge in [0.15, 0.2) is 0 Å². The van der Waals surface area contributed by atoms with Gasteiger partial charge in [-0.25, -0.2) is 0 Å². The molecule has 0 aromatic rings. The highest BCUT2D eigenvalue weighted by Gasteiger charge is 2.37. The van der Waals surface area contributed by atoms with Crippen LogP contribution in [-0.4, -0.2) is 30.6 Å². The average molecular weight is 196 g/mol. The Balaban J connectivity index is 1.91. The summed E-state index contributed by atoms with van der Waals surface area (Å²) < 4.78 is 0. The Kier molecular flexibility index (Phi) is 3.13. The summed E-state index contributed by atoms with van der Waals surface area (Å²) in [4.78, 5) is 2.61. The minimum Gasteiger partial charge on any atom is -0.330 e. The van der Waals surface area contributed by atoms with Crippen LogP contribution in [0.4, 0.5) is 0 Å². The summed E-state index contributed by atoms with van der Waals surface area (Å²) in [6.45, 7) is 3.27. The molecule has 0 spiro atoms. The molecule has 0 saturated heterocycles. The molecule has 0 aromatic carbocycles. The third-order valence-electron chi connectivity index (χ3n) is 4.39. The molecule has 3 unspecified atom stereocenters. The number of nitrogens with zero attached hydrogens (tertiary/aromatic N) is 1. The van der Waals surface area contributed by atoms with E-state index in [1.165, 1.54) is 32.1 Å². The van der Waals surface area contributed by atoms with Crippen LogP contribution in [0.15, 0.2) is 0 Å². The quantitative estimate of drug-likeness (QED) is 0.743. The topological polar surface area (TPSA) is 29.3 Å². The van der Waals surface area contributed by atoms with E-state index >= 15 is 0 Å². The number of nitrogens with two attached hydrogens (primary N) is 1. The van der Waals surface area contributed by atoms with Gasteiger partial charge in [0.1, 0.15) is 0 Å².